The molecule has 0 aromatic rings. The molecule has 0 aromatic carbocycles. The van der Waals surface area contributed by atoms with Gasteiger partial charge in [0.2, 0.25) is 0 Å². The third-order valence-corrected chi connectivity index (χ3v) is 4.09. The standard InChI is InChI=1S/C15H33NO/c1-6-12(5)10-14(9-4)16-11-15(17)13(7-2)8-3/h12-17H,6-11H2,1-5H3. The highest BCUT2D eigenvalue weighted by atomic mass is 16.3. The predicted molar refractivity (Wildman–Crippen MR) is 76.2 cm³/mol. The molecule has 3 unspecified atom stereocenters. The number of aliphatic hydroxyl groups excluding tert-OH is 1. The van der Waals surface area contributed by atoms with Crippen LogP contribution in [-0.4, -0.2) is 23.8 Å². The van der Waals surface area contributed by atoms with Crippen LogP contribution in [0.5, 0.6) is 0 Å². The summed E-state index contributed by atoms with van der Waals surface area (Å²) in [5.74, 6) is 1.22. The summed E-state index contributed by atoms with van der Waals surface area (Å²) in [6.07, 6.45) is 5.58. The minimum Gasteiger partial charge on any atom is -0.392 e. The predicted octanol–water partition coefficient (Wildman–Crippen LogP) is 3.59. The van der Waals surface area contributed by atoms with Crippen LogP contribution >= 0.6 is 0 Å². The van der Waals surface area contributed by atoms with Gasteiger partial charge in [0.1, 0.15) is 0 Å². The van der Waals surface area contributed by atoms with Crippen LogP contribution in [0.3, 0.4) is 0 Å². The zero-order chi connectivity index (χ0) is 13.3. The van der Waals surface area contributed by atoms with Gasteiger partial charge in [-0.3, -0.25) is 0 Å². The molecule has 0 aromatic heterocycles. The molecule has 0 spiro atoms. The van der Waals surface area contributed by atoms with Crippen molar-refractivity contribution in [2.45, 2.75) is 78.9 Å². The van der Waals surface area contributed by atoms with Gasteiger partial charge in [-0.25, -0.2) is 0 Å². The molecule has 0 fully saturated rings. The molecule has 2 nitrogen and oxygen atoms in total. The first-order valence-electron chi connectivity index (χ1n) is 7.50. The zero-order valence-corrected chi connectivity index (χ0v) is 12.5. The van der Waals surface area contributed by atoms with Crippen molar-refractivity contribution in [3.05, 3.63) is 0 Å². The molecule has 0 aliphatic carbocycles. The second kappa shape index (κ2) is 9.90. The molecule has 0 saturated heterocycles. The molecular weight excluding hydrogens is 210 g/mol. The van der Waals surface area contributed by atoms with E-state index < -0.39 is 0 Å². The topological polar surface area (TPSA) is 32.3 Å². The lowest BCUT2D eigenvalue weighted by molar-refractivity contribution is 0.0969. The maximum atomic E-state index is 10.1. The van der Waals surface area contributed by atoms with E-state index >= 15 is 0 Å². The molecule has 2 heteroatoms. The minimum atomic E-state index is -0.184. The van der Waals surface area contributed by atoms with Crippen molar-refractivity contribution in [2.75, 3.05) is 6.54 Å². The number of hydrogen-bond donors (Lipinski definition) is 2. The van der Waals surface area contributed by atoms with Crippen molar-refractivity contribution in [3.63, 3.8) is 0 Å². The van der Waals surface area contributed by atoms with Gasteiger partial charge in [0.15, 0.2) is 0 Å². The molecule has 0 heterocycles. The second-order valence-corrected chi connectivity index (χ2v) is 5.41. The second-order valence-electron chi connectivity index (χ2n) is 5.41. The molecule has 0 aliphatic rings. The average Bonchev–Trinajstić information content (AvgIpc) is 2.35. The van der Waals surface area contributed by atoms with Gasteiger partial charge in [-0.05, 0) is 24.7 Å². The Balaban J connectivity index is 3.96. The minimum absolute atomic E-state index is 0.184. The highest BCUT2D eigenvalue weighted by molar-refractivity contribution is 4.74. The van der Waals surface area contributed by atoms with Gasteiger partial charge in [0.25, 0.3) is 0 Å². The van der Waals surface area contributed by atoms with Gasteiger partial charge in [-0.2, -0.15) is 0 Å². The van der Waals surface area contributed by atoms with Gasteiger partial charge >= 0.3 is 0 Å². The van der Waals surface area contributed by atoms with Crippen LogP contribution in [0.1, 0.15) is 66.7 Å². The third kappa shape index (κ3) is 7.05. The molecule has 0 amide bonds. The summed E-state index contributed by atoms with van der Waals surface area (Å²) >= 11 is 0. The first kappa shape index (κ1) is 16.9. The summed E-state index contributed by atoms with van der Waals surface area (Å²) in [6.45, 7) is 11.9. The summed E-state index contributed by atoms with van der Waals surface area (Å²) in [4.78, 5) is 0. The fraction of sp³-hybridized carbons (Fsp3) is 1.00. The molecule has 0 rings (SSSR count). The number of aliphatic hydroxyl groups is 1. The number of rotatable bonds is 10. The summed E-state index contributed by atoms with van der Waals surface area (Å²) < 4.78 is 0. The summed E-state index contributed by atoms with van der Waals surface area (Å²) in [5, 5.41) is 13.6. The molecule has 17 heavy (non-hydrogen) atoms. The van der Waals surface area contributed by atoms with Crippen LogP contribution in [0.15, 0.2) is 0 Å². The van der Waals surface area contributed by atoms with E-state index in [0.717, 1.165) is 31.7 Å². The fourth-order valence-electron chi connectivity index (χ4n) is 2.33. The normalized spacial score (nSPS) is 17.1. The van der Waals surface area contributed by atoms with Crippen molar-refractivity contribution in [2.24, 2.45) is 11.8 Å². The molecule has 0 saturated carbocycles. The molecule has 3 atom stereocenters. The van der Waals surface area contributed by atoms with Crippen molar-refractivity contribution >= 4 is 0 Å². The van der Waals surface area contributed by atoms with Gasteiger partial charge in [0, 0.05) is 12.6 Å². The van der Waals surface area contributed by atoms with E-state index in [0.29, 0.717) is 12.0 Å². The Morgan fingerprint density at radius 2 is 1.53 bits per heavy atom. The molecule has 2 N–H and O–H groups in total. The van der Waals surface area contributed by atoms with E-state index in [2.05, 4.69) is 39.9 Å². The lowest BCUT2D eigenvalue weighted by Gasteiger charge is -2.25. The average molecular weight is 243 g/mol. The molecular formula is C15H33NO. The van der Waals surface area contributed by atoms with Crippen molar-refractivity contribution in [1.82, 2.24) is 5.32 Å². The SMILES string of the molecule is CCC(C)CC(CC)NCC(O)C(CC)CC. The Morgan fingerprint density at radius 3 is 1.94 bits per heavy atom. The maximum Gasteiger partial charge on any atom is 0.0692 e. The Bertz CT molecular complexity index is 168. The number of hydrogen-bond acceptors (Lipinski definition) is 2. The van der Waals surface area contributed by atoms with Crippen molar-refractivity contribution in [3.8, 4) is 0 Å². The zero-order valence-electron chi connectivity index (χ0n) is 12.5. The first-order valence-corrected chi connectivity index (χ1v) is 7.50. The van der Waals surface area contributed by atoms with Crippen molar-refractivity contribution in [1.29, 1.82) is 0 Å². The van der Waals surface area contributed by atoms with Crippen LogP contribution in [0.2, 0.25) is 0 Å². The lowest BCUT2D eigenvalue weighted by atomic mass is 9.95. The molecule has 104 valence electrons. The molecule has 0 radical (unpaired) electrons. The van der Waals surface area contributed by atoms with E-state index in [9.17, 15) is 5.11 Å². The summed E-state index contributed by atoms with van der Waals surface area (Å²) in [6, 6.07) is 0.564. The van der Waals surface area contributed by atoms with Crippen molar-refractivity contribution < 1.29 is 5.11 Å². The monoisotopic (exact) mass is 243 g/mol. The van der Waals surface area contributed by atoms with Crippen LogP contribution in [0.4, 0.5) is 0 Å². The van der Waals surface area contributed by atoms with Crippen LogP contribution in [0, 0.1) is 11.8 Å². The van der Waals surface area contributed by atoms with E-state index in [1.807, 2.05) is 0 Å². The highest BCUT2D eigenvalue weighted by Gasteiger charge is 2.17. The Labute approximate surface area is 108 Å². The van der Waals surface area contributed by atoms with Gasteiger partial charge in [0.05, 0.1) is 6.10 Å². The van der Waals surface area contributed by atoms with Crippen LogP contribution in [0.25, 0.3) is 0 Å². The third-order valence-electron chi connectivity index (χ3n) is 4.09. The van der Waals surface area contributed by atoms with E-state index in [-0.39, 0.29) is 6.10 Å². The largest absolute Gasteiger partial charge is 0.392 e. The van der Waals surface area contributed by atoms with Gasteiger partial charge in [-0.1, -0.05) is 53.9 Å². The van der Waals surface area contributed by atoms with Crippen LogP contribution < -0.4 is 5.32 Å². The van der Waals surface area contributed by atoms with Crippen LogP contribution in [-0.2, 0) is 0 Å². The maximum absolute atomic E-state index is 10.1. The highest BCUT2D eigenvalue weighted by Crippen LogP contribution is 2.15. The number of nitrogens with one attached hydrogen (secondary N) is 1. The summed E-state index contributed by atoms with van der Waals surface area (Å²) in [7, 11) is 0. The quantitative estimate of drug-likeness (QED) is 0.614. The first-order chi connectivity index (χ1) is 8.08. The fourth-order valence-corrected chi connectivity index (χ4v) is 2.33. The lowest BCUT2D eigenvalue weighted by Crippen LogP contribution is -2.39. The van der Waals surface area contributed by atoms with Gasteiger partial charge < -0.3 is 10.4 Å². The Hall–Kier alpha value is -0.0800. The molecule has 0 aliphatic heterocycles. The Morgan fingerprint density at radius 1 is 0.941 bits per heavy atom. The van der Waals surface area contributed by atoms with Gasteiger partial charge in [-0.15, -0.1) is 0 Å². The molecule has 0 bridgehead atoms. The summed E-state index contributed by atoms with van der Waals surface area (Å²) in [5.41, 5.74) is 0. The van der Waals surface area contributed by atoms with E-state index in [1.165, 1.54) is 12.8 Å². The van der Waals surface area contributed by atoms with E-state index in [4.69, 9.17) is 0 Å². The smallest absolute Gasteiger partial charge is 0.0692 e. The Kier molecular flexibility index (Phi) is 9.85. The van der Waals surface area contributed by atoms with E-state index in [1.54, 1.807) is 0 Å².